The molecule has 2 nitrogen and oxygen atoms in total. The fraction of sp³-hybridized carbons (Fsp3) is 0.533. The summed E-state index contributed by atoms with van der Waals surface area (Å²) in [5.41, 5.74) is 2.43. The van der Waals surface area contributed by atoms with Crippen molar-refractivity contribution in [1.29, 1.82) is 0 Å². The van der Waals surface area contributed by atoms with Gasteiger partial charge in [-0.15, -0.1) is 11.3 Å². The van der Waals surface area contributed by atoms with Gasteiger partial charge in [-0.2, -0.15) is 0 Å². The summed E-state index contributed by atoms with van der Waals surface area (Å²) in [6.07, 6.45) is 7.66. The van der Waals surface area contributed by atoms with Gasteiger partial charge in [0.1, 0.15) is 0 Å². The topological polar surface area (TPSA) is 24.9 Å². The van der Waals surface area contributed by atoms with Crippen LogP contribution in [0.25, 0.3) is 10.2 Å². The van der Waals surface area contributed by atoms with Crippen molar-refractivity contribution in [2.75, 3.05) is 6.54 Å². The molecule has 18 heavy (non-hydrogen) atoms. The minimum Gasteiger partial charge on any atom is -0.310 e. The van der Waals surface area contributed by atoms with E-state index in [1.54, 1.807) is 11.3 Å². The van der Waals surface area contributed by atoms with E-state index < -0.39 is 0 Å². The van der Waals surface area contributed by atoms with Crippen LogP contribution in [0.1, 0.15) is 44.2 Å². The molecular weight excluding hydrogens is 240 g/mol. The summed E-state index contributed by atoms with van der Waals surface area (Å²) in [7, 11) is 0. The normalized spacial score (nSPS) is 18.5. The first-order valence-electron chi connectivity index (χ1n) is 6.89. The molecule has 1 saturated carbocycles. The molecular formula is C15H20N2S. The van der Waals surface area contributed by atoms with E-state index in [1.807, 2.05) is 6.20 Å². The van der Waals surface area contributed by atoms with E-state index >= 15 is 0 Å². The Bertz CT molecular complexity index is 514. The number of rotatable bonds is 4. The SMILES string of the molecule is CC(NCC1CCCC1)c1cnc2ccsc2c1. The van der Waals surface area contributed by atoms with Gasteiger partial charge in [-0.1, -0.05) is 12.8 Å². The number of hydrogen-bond donors (Lipinski definition) is 1. The van der Waals surface area contributed by atoms with Crippen molar-refractivity contribution in [3.63, 3.8) is 0 Å². The standard InChI is InChI=1S/C15H20N2S/c1-11(16-9-12-4-2-3-5-12)13-8-15-14(17-10-13)6-7-18-15/h6-8,10-12,16H,2-5,9H2,1H3. The maximum absolute atomic E-state index is 4.51. The molecule has 0 aromatic carbocycles. The molecule has 2 heterocycles. The molecule has 96 valence electrons. The van der Waals surface area contributed by atoms with E-state index in [1.165, 1.54) is 35.9 Å². The molecule has 1 atom stereocenters. The molecule has 3 heteroatoms. The summed E-state index contributed by atoms with van der Waals surface area (Å²) in [6, 6.07) is 4.77. The lowest BCUT2D eigenvalue weighted by atomic mass is 10.1. The number of hydrogen-bond acceptors (Lipinski definition) is 3. The second-order valence-corrected chi connectivity index (χ2v) is 6.30. The zero-order valence-corrected chi connectivity index (χ0v) is 11.7. The monoisotopic (exact) mass is 260 g/mol. The summed E-state index contributed by atoms with van der Waals surface area (Å²) in [5.74, 6) is 0.894. The highest BCUT2D eigenvalue weighted by Crippen LogP contribution is 2.26. The predicted octanol–water partition coefficient (Wildman–Crippen LogP) is 4.14. The fourth-order valence-corrected chi connectivity index (χ4v) is 3.56. The van der Waals surface area contributed by atoms with Gasteiger partial charge in [0.2, 0.25) is 0 Å². The first-order chi connectivity index (χ1) is 8.83. The van der Waals surface area contributed by atoms with Crippen molar-refractivity contribution in [2.45, 2.75) is 38.6 Å². The number of nitrogens with zero attached hydrogens (tertiary/aromatic N) is 1. The van der Waals surface area contributed by atoms with Crippen LogP contribution >= 0.6 is 11.3 Å². The zero-order chi connectivity index (χ0) is 12.4. The number of nitrogens with one attached hydrogen (secondary N) is 1. The van der Waals surface area contributed by atoms with Crippen LogP contribution in [0.15, 0.2) is 23.7 Å². The largest absolute Gasteiger partial charge is 0.310 e. The molecule has 0 saturated heterocycles. The van der Waals surface area contributed by atoms with Crippen LogP contribution in [0.4, 0.5) is 0 Å². The van der Waals surface area contributed by atoms with E-state index in [2.05, 4.69) is 34.7 Å². The first kappa shape index (κ1) is 12.1. The molecule has 1 fully saturated rings. The first-order valence-corrected chi connectivity index (χ1v) is 7.77. The summed E-state index contributed by atoms with van der Waals surface area (Å²) in [5, 5.41) is 5.77. The van der Waals surface area contributed by atoms with Gasteiger partial charge in [0.25, 0.3) is 0 Å². The molecule has 0 spiro atoms. The molecule has 1 N–H and O–H groups in total. The Kier molecular flexibility index (Phi) is 3.62. The maximum atomic E-state index is 4.51. The quantitative estimate of drug-likeness (QED) is 0.893. The molecule has 1 aliphatic carbocycles. The third-order valence-corrected chi connectivity index (χ3v) is 4.86. The van der Waals surface area contributed by atoms with Gasteiger partial charge in [-0.25, -0.2) is 0 Å². The van der Waals surface area contributed by atoms with Gasteiger partial charge in [0.05, 0.1) is 10.2 Å². The number of thiophene rings is 1. The van der Waals surface area contributed by atoms with Crippen molar-refractivity contribution in [2.24, 2.45) is 5.92 Å². The Morgan fingerprint density at radius 1 is 1.44 bits per heavy atom. The fourth-order valence-electron chi connectivity index (χ4n) is 2.77. The van der Waals surface area contributed by atoms with Gasteiger partial charge in [0, 0.05) is 12.2 Å². The minimum absolute atomic E-state index is 0.407. The van der Waals surface area contributed by atoms with Gasteiger partial charge in [0.15, 0.2) is 0 Å². The van der Waals surface area contributed by atoms with Gasteiger partial charge >= 0.3 is 0 Å². The molecule has 2 aromatic heterocycles. The predicted molar refractivity (Wildman–Crippen MR) is 78.0 cm³/mol. The van der Waals surface area contributed by atoms with Gasteiger partial charge < -0.3 is 5.32 Å². The molecule has 1 aliphatic rings. The highest BCUT2D eigenvalue weighted by atomic mass is 32.1. The highest BCUT2D eigenvalue weighted by molar-refractivity contribution is 7.17. The average molecular weight is 260 g/mol. The Balaban J connectivity index is 1.65. The molecule has 0 bridgehead atoms. The highest BCUT2D eigenvalue weighted by Gasteiger charge is 2.16. The van der Waals surface area contributed by atoms with Crippen LogP contribution in [0.2, 0.25) is 0 Å². The number of aromatic nitrogens is 1. The van der Waals surface area contributed by atoms with Crippen molar-refractivity contribution in [1.82, 2.24) is 10.3 Å². The Hall–Kier alpha value is -0.930. The van der Waals surface area contributed by atoms with Crippen LogP contribution in [-0.2, 0) is 0 Å². The van der Waals surface area contributed by atoms with Crippen LogP contribution < -0.4 is 5.32 Å². The van der Waals surface area contributed by atoms with Gasteiger partial charge in [-0.3, -0.25) is 4.98 Å². The van der Waals surface area contributed by atoms with Gasteiger partial charge in [-0.05, 0) is 55.3 Å². The summed E-state index contributed by atoms with van der Waals surface area (Å²) >= 11 is 1.77. The number of fused-ring (bicyclic) bond motifs is 1. The van der Waals surface area contributed by atoms with E-state index in [-0.39, 0.29) is 0 Å². The molecule has 0 radical (unpaired) electrons. The summed E-state index contributed by atoms with van der Waals surface area (Å²) < 4.78 is 1.29. The Labute approximate surface area is 112 Å². The second-order valence-electron chi connectivity index (χ2n) is 5.35. The van der Waals surface area contributed by atoms with E-state index in [9.17, 15) is 0 Å². The van der Waals surface area contributed by atoms with Crippen molar-refractivity contribution < 1.29 is 0 Å². The Morgan fingerprint density at radius 2 is 2.28 bits per heavy atom. The zero-order valence-electron chi connectivity index (χ0n) is 10.9. The third-order valence-electron chi connectivity index (χ3n) is 4.01. The van der Waals surface area contributed by atoms with E-state index in [4.69, 9.17) is 0 Å². The number of pyridine rings is 1. The Morgan fingerprint density at radius 3 is 3.11 bits per heavy atom. The third kappa shape index (κ3) is 2.57. The second kappa shape index (κ2) is 5.37. The average Bonchev–Trinajstić information content (AvgIpc) is 3.05. The van der Waals surface area contributed by atoms with Crippen LogP contribution in [-0.4, -0.2) is 11.5 Å². The van der Waals surface area contributed by atoms with Crippen molar-refractivity contribution in [3.05, 3.63) is 29.3 Å². The minimum atomic E-state index is 0.407. The molecule has 2 aromatic rings. The van der Waals surface area contributed by atoms with Crippen LogP contribution in [0.3, 0.4) is 0 Å². The van der Waals surface area contributed by atoms with E-state index in [0.717, 1.165) is 18.0 Å². The van der Waals surface area contributed by atoms with E-state index in [0.29, 0.717) is 6.04 Å². The smallest absolute Gasteiger partial charge is 0.0809 e. The summed E-state index contributed by atoms with van der Waals surface area (Å²) in [6.45, 7) is 3.40. The molecule has 0 aliphatic heterocycles. The molecule has 1 unspecified atom stereocenters. The molecule has 0 amide bonds. The lowest BCUT2D eigenvalue weighted by Gasteiger charge is -2.17. The maximum Gasteiger partial charge on any atom is 0.0809 e. The lowest BCUT2D eigenvalue weighted by molar-refractivity contribution is 0.452. The molecule has 3 rings (SSSR count). The van der Waals surface area contributed by atoms with Crippen LogP contribution in [0.5, 0.6) is 0 Å². The lowest BCUT2D eigenvalue weighted by Crippen LogP contribution is -2.24. The van der Waals surface area contributed by atoms with Crippen LogP contribution in [0, 0.1) is 5.92 Å². The summed E-state index contributed by atoms with van der Waals surface area (Å²) in [4.78, 5) is 4.51. The van der Waals surface area contributed by atoms with Crippen molar-refractivity contribution in [3.8, 4) is 0 Å². The van der Waals surface area contributed by atoms with Crippen molar-refractivity contribution >= 4 is 21.6 Å².